The summed E-state index contributed by atoms with van der Waals surface area (Å²) < 4.78 is 43.7. The SMILES string of the molecule is O=C(Nc1cnc2n[nH]c(C3CC3)c2c1)c1c(F)ccc(NSCCCF)c1F. The summed E-state index contributed by atoms with van der Waals surface area (Å²) in [5.41, 5.74) is 1.06. The Morgan fingerprint density at radius 3 is 2.90 bits per heavy atom. The average Bonchev–Trinajstić information content (AvgIpc) is 3.46. The summed E-state index contributed by atoms with van der Waals surface area (Å²) in [5, 5.41) is 10.4. The summed E-state index contributed by atoms with van der Waals surface area (Å²) in [6.07, 6.45) is 3.82. The van der Waals surface area contributed by atoms with Crippen LogP contribution in [0, 0.1) is 11.6 Å². The van der Waals surface area contributed by atoms with Gasteiger partial charge in [-0.25, -0.2) is 13.8 Å². The predicted molar refractivity (Wildman–Crippen MR) is 107 cm³/mol. The molecule has 0 aliphatic heterocycles. The number of anilines is 2. The lowest BCUT2D eigenvalue weighted by molar-refractivity contribution is 0.101. The van der Waals surface area contributed by atoms with Crippen LogP contribution in [-0.4, -0.2) is 33.5 Å². The Morgan fingerprint density at radius 1 is 1.31 bits per heavy atom. The molecule has 1 amide bonds. The third-order valence-corrected chi connectivity index (χ3v) is 5.42. The minimum atomic E-state index is -1.01. The zero-order chi connectivity index (χ0) is 20.4. The average molecular weight is 421 g/mol. The molecule has 0 bridgehead atoms. The molecule has 2 aromatic heterocycles. The van der Waals surface area contributed by atoms with Gasteiger partial charge in [-0.05, 0) is 37.5 Å². The van der Waals surface area contributed by atoms with Crippen molar-refractivity contribution in [2.75, 3.05) is 22.5 Å². The van der Waals surface area contributed by atoms with E-state index in [4.69, 9.17) is 0 Å². The molecule has 0 saturated heterocycles. The molecule has 1 aliphatic carbocycles. The van der Waals surface area contributed by atoms with Gasteiger partial charge in [0.25, 0.3) is 5.91 Å². The van der Waals surface area contributed by atoms with Crippen molar-refractivity contribution in [2.24, 2.45) is 0 Å². The van der Waals surface area contributed by atoms with Gasteiger partial charge in [-0.3, -0.25) is 14.3 Å². The number of rotatable bonds is 8. The van der Waals surface area contributed by atoms with Crippen LogP contribution in [-0.2, 0) is 0 Å². The van der Waals surface area contributed by atoms with Crippen LogP contribution in [0.3, 0.4) is 0 Å². The lowest BCUT2D eigenvalue weighted by Gasteiger charge is -2.11. The fraction of sp³-hybridized carbons (Fsp3) is 0.316. The Bertz CT molecular complexity index is 1050. The van der Waals surface area contributed by atoms with Crippen LogP contribution >= 0.6 is 11.9 Å². The molecule has 1 aliphatic rings. The van der Waals surface area contributed by atoms with Crippen molar-refractivity contribution in [1.29, 1.82) is 0 Å². The molecule has 10 heteroatoms. The summed E-state index contributed by atoms with van der Waals surface area (Å²) in [5.74, 6) is -2.09. The Hall–Kier alpha value is -2.75. The number of amides is 1. The van der Waals surface area contributed by atoms with Gasteiger partial charge >= 0.3 is 0 Å². The first kappa shape index (κ1) is 19.6. The van der Waals surface area contributed by atoms with Crippen molar-refractivity contribution < 1.29 is 18.0 Å². The fourth-order valence-electron chi connectivity index (χ4n) is 2.96. The topological polar surface area (TPSA) is 82.7 Å². The molecule has 3 aromatic rings. The standard InChI is InChI=1S/C19H18F3N5OS/c20-6-1-7-29-27-14-5-4-13(21)15(16(14)22)19(28)24-11-8-12-17(10-2-3-10)25-26-18(12)23-9-11/h4-5,8-10,27H,1-3,6-7H2,(H,24,28)(H,23,25,26). The van der Waals surface area contributed by atoms with E-state index in [1.807, 2.05) is 0 Å². The number of carbonyl (C=O) groups is 1. The molecule has 1 saturated carbocycles. The molecular formula is C19H18F3N5OS. The molecule has 2 heterocycles. The molecule has 152 valence electrons. The number of nitrogens with one attached hydrogen (secondary N) is 3. The number of alkyl halides is 1. The Labute approximate surface area is 168 Å². The molecule has 3 N–H and O–H groups in total. The molecule has 0 spiro atoms. The van der Waals surface area contributed by atoms with Crippen molar-refractivity contribution in [2.45, 2.75) is 25.2 Å². The molecule has 0 radical (unpaired) electrons. The van der Waals surface area contributed by atoms with Crippen molar-refractivity contribution in [3.05, 3.63) is 47.3 Å². The van der Waals surface area contributed by atoms with E-state index >= 15 is 0 Å². The second-order valence-corrected chi connectivity index (χ2v) is 7.64. The number of H-pyrrole nitrogens is 1. The van der Waals surface area contributed by atoms with Gasteiger partial charge in [-0.2, -0.15) is 5.10 Å². The summed E-state index contributed by atoms with van der Waals surface area (Å²) in [6, 6.07) is 3.91. The number of pyridine rings is 1. The van der Waals surface area contributed by atoms with Gasteiger partial charge in [0.1, 0.15) is 11.4 Å². The van der Waals surface area contributed by atoms with Crippen LogP contribution in [0.2, 0.25) is 0 Å². The summed E-state index contributed by atoms with van der Waals surface area (Å²) in [7, 11) is 0. The lowest BCUT2D eigenvalue weighted by Crippen LogP contribution is -2.17. The Morgan fingerprint density at radius 2 is 2.14 bits per heavy atom. The van der Waals surface area contributed by atoms with E-state index < -0.39 is 29.8 Å². The maximum absolute atomic E-state index is 14.7. The summed E-state index contributed by atoms with van der Waals surface area (Å²) in [4.78, 5) is 16.8. The number of hydrogen-bond donors (Lipinski definition) is 3. The predicted octanol–water partition coefficient (Wildman–Crippen LogP) is 4.79. The molecule has 6 nitrogen and oxygen atoms in total. The number of carbonyl (C=O) groups excluding carboxylic acids is 1. The minimum absolute atomic E-state index is 0.0418. The smallest absolute Gasteiger partial charge is 0.261 e. The van der Waals surface area contributed by atoms with Gasteiger partial charge in [-0.1, -0.05) is 11.9 Å². The zero-order valence-electron chi connectivity index (χ0n) is 15.3. The van der Waals surface area contributed by atoms with Gasteiger partial charge in [0, 0.05) is 22.8 Å². The number of benzene rings is 1. The van der Waals surface area contributed by atoms with Crippen LogP contribution in [0.15, 0.2) is 24.4 Å². The van der Waals surface area contributed by atoms with E-state index in [-0.39, 0.29) is 5.69 Å². The molecule has 1 aromatic carbocycles. The number of halogens is 3. The second-order valence-electron chi connectivity index (χ2n) is 6.74. The van der Waals surface area contributed by atoms with E-state index in [2.05, 4.69) is 25.2 Å². The second kappa shape index (κ2) is 8.32. The van der Waals surface area contributed by atoms with Crippen LogP contribution in [0.25, 0.3) is 11.0 Å². The normalized spacial score (nSPS) is 13.6. The molecule has 0 atom stereocenters. The zero-order valence-corrected chi connectivity index (χ0v) is 16.1. The Kier molecular flexibility index (Phi) is 5.61. The number of aromatic nitrogens is 3. The maximum Gasteiger partial charge on any atom is 0.261 e. The minimum Gasteiger partial charge on any atom is -0.327 e. The van der Waals surface area contributed by atoms with Gasteiger partial charge in [-0.15, -0.1) is 0 Å². The van der Waals surface area contributed by atoms with Crippen LogP contribution in [0.4, 0.5) is 24.5 Å². The molecule has 1 fully saturated rings. The van der Waals surface area contributed by atoms with Crippen molar-refractivity contribution >= 4 is 40.3 Å². The quantitative estimate of drug-likeness (QED) is 0.360. The van der Waals surface area contributed by atoms with Crippen molar-refractivity contribution in [1.82, 2.24) is 15.2 Å². The van der Waals surface area contributed by atoms with Crippen molar-refractivity contribution in [3.8, 4) is 0 Å². The third kappa shape index (κ3) is 4.16. The first-order chi connectivity index (χ1) is 14.1. The first-order valence-corrected chi connectivity index (χ1v) is 10.1. The lowest BCUT2D eigenvalue weighted by atomic mass is 10.1. The van der Waals surface area contributed by atoms with E-state index in [1.54, 1.807) is 6.07 Å². The van der Waals surface area contributed by atoms with E-state index in [9.17, 15) is 18.0 Å². The molecule has 0 unspecified atom stereocenters. The van der Waals surface area contributed by atoms with E-state index in [0.717, 1.165) is 41.9 Å². The maximum atomic E-state index is 14.7. The summed E-state index contributed by atoms with van der Waals surface area (Å²) in [6.45, 7) is -0.480. The fourth-order valence-corrected chi connectivity index (χ4v) is 3.63. The number of hydrogen-bond acceptors (Lipinski definition) is 5. The van der Waals surface area contributed by atoms with Gasteiger partial charge in [0.2, 0.25) is 0 Å². The summed E-state index contributed by atoms with van der Waals surface area (Å²) >= 11 is 1.08. The van der Waals surface area contributed by atoms with Gasteiger partial charge in [0.15, 0.2) is 11.5 Å². The monoisotopic (exact) mass is 421 g/mol. The highest BCUT2D eigenvalue weighted by Crippen LogP contribution is 2.42. The van der Waals surface area contributed by atoms with Gasteiger partial charge in [0.05, 0.1) is 24.2 Å². The third-order valence-electron chi connectivity index (χ3n) is 4.56. The first-order valence-electron chi connectivity index (χ1n) is 9.15. The highest BCUT2D eigenvalue weighted by atomic mass is 32.2. The Balaban J connectivity index is 1.55. The van der Waals surface area contributed by atoms with Crippen LogP contribution in [0.5, 0.6) is 0 Å². The largest absolute Gasteiger partial charge is 0.327 e. The van der Waals surface area contributed by atoms with E-state index in [1.165, 1.54) is 12.3 Å². The molecular weight excluding hydrogens is 403 g/mol. The highest BCUT2D eigenvalue weighted by molar-refractivity contribution is 8.00. The molecule has 29 heavy (non-hydrogen) atoms. The number of nitrogens with zero attached hydrogens (tertiary/aromatic N) is 2. The number of fused-ring (bicyclic) bond motifs is 1. The van der Waals surface area contributed by atoms with Gasteiger partial charge < -0.3 is 10.0 Å². The van der Waals surface area contributed by atoms with Crippen LogP contribution < -0.4 is 10.0 Å². The van der Waals surface area contributed by atoms with E-state index in [0.29, 0.717) is 29.4 Å². The molecule has 4 rings (SSSR count). The van der Waals surface area contributed by atoms with Crippen molar-refractivity contribution in [3.63, 3.8) is 0 Å². The number of aromatic amines is 1. The highest BCUT2D eigenvalue weighted by Gasteiger charge is 2.28. The van der Waals surface area contributed by atoms with Crippen LogP contribution in [0.1, 0.15) is 41.2 Å².